The number of rotatable bonds is 6. The van der Waals surface area contributed by atoms with Gasteiger partial charge >= 0.3 is 0 Å². The Balaban J connectivity index is 2.52. The predicted octanol–water partition coefficient (Wildman–Crippen LogP) is 4.48. The fourth-order valence-corrected chi connectivity index (χ4v) is 3.78. The molecule has 1 aliphatic rings. The summed E-state index contributed by atoms with van der Waals surface area (Å²) in [5.74, 6) is 2.84. The van der Waals surface area contributed by atoms with E-state index in [-0.39, 0.29) is 0 Å². The molecule has 1 nitrogen and oxygen atoms in total. The van der Waals surface area contributed by atoms with Gasteiger partial charge in [0.25, 0.3) is 0 Å². The smallest absolute Gasteiger partial charge is 0.00456 e. The Morgan fingerprint density at radius 1 is 1.17 bits per heavy atom. The van der Waals surface area contributed by atoms with Gasteiger partial charge in [0.2, 0.25) is 0 Å². The second-order valence-corrected chi connectivity index (χ2v) is 6.89. The standard InChI is InChI=1S/C16H33NS/c1-5-16(6-2,13-18)12-17-10-7-8-15(9-11-17)14(3)4/h14-15,18H,5-13H2,1-4H3. The summed E-state index contributed by atoms with van der Waals surface area (Å²) < 4.78 is 0. The van der Waals surface area contributed by atoms with E-state index in [1.807, 2.05) is 0 Å². The third kappa shape index (κ3) is 4.45. The van der Waals surface area contributed by atoms with Crippen LogP contribution in [0.15, 0.2) is 0 Å². The van der Waals surface area contributed by atoms with E-state index in [2.05, 4.69) is 45.2 Å². The van der Waals surface area contributed by atoms with Gasteiger partial charge in [0.15, 0.2) is 0 Å². The lowest BCUT2D eigenvalue weighted by molar-refractivity contribution is 0.159. The first kappa shape index (κ1) is 16.4. The maximum Gasteiger partial charge on any atom is 0.00456 e. The van der Waals surface area contributed by atoms with Gasteiger partial charge in [0, 0.05) is 6.54 Å². The maximum atomic E-state index is 4.61. The van der Waals surface area contributed by atoms with Crippen LogP contribution in [0, 0.1) is 17.3 Å². The van der Waals surface area contributed by atoms with E-state index in [0.717, 1.165) is 17.6 Å². The monoisotopic (exact) mass is 271 g/mol. The molecule has 1 aliphatic heterocycles. The maximum absolute atomic E-state index is 4.61. The van der Waals surface area contributed by atoms with Crippen LogP contribution in [0.25, 0.3) is 0 Å². The second-order valence-electron chi connectivity index (χ2n) is 6.58. The van der Waals surface area contributed by atoms with Crippen molar-refractivity contribution in [2.24, 2.45) is 17.3 Å². The molecule has 0 N–H and O–H groups in total. The molecule has 0 aliphatic carbocycles. The molecule has 1 unspecified atom stereocenters. The Morgan fingerprint density at radius 3 is 2.33 bits per heavy atom. The molecule has 0 aromatic carbocycles. The normalized spacial score (nSPS) is 23.3. The molecule has 0 aromatic rings. The molecule has 18 heavy (non-hydrogen) atoms. The molecular weight excluding hydrogens is 238 g/mol. The summed E-state index contributed by atoms with van der Waals surface area (Å²) >= 11 is 4.61. The van der Waals surface area contributed by atoms with Crippen LogP contribution in [0.3, 0.4) is 0 Å². The third-order valence-electron chi connectivity index (χ3n) is 5.20. The van der Waals surface area contributed by atoms with Crippen LogP contribution in [-0.4, -0.2) is 30.3 Å². The number of thiol groups is 1. The third-order valence-corrected chi connectivity index (χ3v) is 5.87. The topological polar surface area (TPSA) is 3.24 Å². The molecular formula is C16H33NS. The van der Waals surface area contributed by atoms with Crippen molar-refractivity contribution in [3.8, 4) is 0 Å². The molecule has 108 valence electrons. The van der Waals surface area contributed by atoms with Crippen molar-refractivity contribution in [1.82, 2.24) is 4.90 Å². The van der Waals surface area contributed by atoms with E-state index in [1.54, 1.807) is 0 Å². The number of likely N-dealkylation sites (tertiary alicyclic amines) is 1. The van der Waals surface area contributed by atoms with E-state index in [0.29, 0.717) is 5.41 Å². The Kier molecular flexibility index (Phi) is 7.08. The highest BCUT2D eigenvalue weighted by molar-refractivity contribution is 7.80. The molecule has 1 atom stereocenters. The molecule has 0 spiro atoms. The first-order chi connectivity index (χ1) is 8.56. The first-order valence-corrected chi connectivity index (χ1v) is 8.53. The quantitative estimate of drug-likeness (QED) is 0.697. The summed E-state index contributed by atoms with van der Waals surface area (Å²) in [5.41, 5.74) is 0.445. The largest absolute Gasteiger partial charge is 0.303 e. The van der Waals surface area contributed by atoms with Gasteiger partial charge in [-0.3, -0.25) is 0 Å². The van der Waals surface area contributed by atoms with E-state index in [9.17, 15) is 0 Å². The molecule has 1 saturated heterocycles. The average molecular weight is 272 g/mol. The summed E-state index contributed by atoms with van der Waals surface area (Å²) in [7, 11) is 0. The van der Waals surface area contributed by atoms with Crippen LogP contribution in [-0.2, 0) is 0 Å². The Morgan fingerprint density at radius 2 is 1.83 bits per heavy atom. The zero-order valence-electron chi connectivity index (χ0n) is 12.9. The van der Waals surface area contributed by atoms with Crippen molar-refractivity contribution in [2.75, 3.05) is 25.4 Å². The SMILES string of the molecule is CCC(CC)(CS)CN1CCCC(C(C)C)CC1. The van der Waals surface area contributed by atoms with Gasteiger partial charge in [-0.05, 0) is 68.2 Å². The highest BCUT2D eigenvalue weighted by Gasteiger charge is 2.28. The molecule has 0 aromatic heterocycles. The Bertz CT molecular complexity index is 215. The molecule has 1 rings (SSSR count). The average Bonchev–Trinajstić information content (AvgIpc) is 2.61. The van der Waals surface area contributed by atoms with Crippen LogP contribution in [0.5, 0.6) is 0 Å². The lowest BCUT2D eigenvalue weighted by atomic mass is 9.83. The summed E-state index contributed by atoms with van der Waals surface area (Å²) in [6, 6.07) is 0. The van der Waals surface area contributed by atoms with Crippen LogP contribution in [0.1, 0.15) is 59.8 Å². The van der Waals surface area contributed by atoms with E-state index < -0.39 is 0 Å². The molecule has 1 heterocycles. The zero-order valence-corrected chi connectivity index (χ0v) is 13.8. The van der Waals surface area contributed by atoms with Crippen LogP contribution >= 0.6 is 12.6 Å². The molecule has 2 heteroatoms. The lowest BCUT2D eigenvalue weighted by Crippen LogP contribution is -2.39. The zero-order chi connectivity index (χ0) is 13.6. The minimum atomic E-state index is 0.445. The molecule has 0 bridgehead atoms. The van der Waals surface area contributed by atoms with E-state index in [1.165, 1.54) is 51.7 Å². The Labute approximate surface area is 120 Å². The highest BCUT2D eigenvalue weighted by atomic mass is 32.1. The summed E-state index contributed by atoms with van der Waals surface area (Å²) in [4.78, 5) is 2.71. The van der Waals surface area contributed by atoms with Gasteiger partial charge in [0.1, 0.15) is 0 Å². The minimum absolute atomic E-state index is 0.445. The van der Waals surface area contributed by atoms with Crippen LogP contribution in [0.2, 0.25) is 0 Å². The van der Waals surface area contributed by atoms with Gasteiger partial charge in [0.05, 0.1) is 0 Å². The number of nitrogens with zero attached hydrogens (tertiary/aromatic N) is 1. The Hall–Kier alpha value is 0.310. The van der Waals surface area contributed by atoms with Gasteiger partial charge in [-0.1, -0.05) is 27.7 Å². The van der Waals surface area contributed by atoms with Crippen molar-refractivity contribution in [2.45, 2.75) is 59.8 Å². The molecule has 1 fully saturated rings. The first-order valence-electron chi connectivity index (χ1n) is 7.90. The number of hydrogen-bond acceptors (Lipinski definition) is 2. The van der Waals surface area contributed by atoms with Gasteiger partial charge in [-0.25, -0.2) is 0 Å². The highest BCUT2D eigenvalue weighted by Crippen LogP contribution is 2.31. The van der Waals surface area contributed by atoms with Gasteiger partial charge < -0.3 is 4.90 Å². The van der Waals surface area contributed by atoms with Gasteiger partial charge in [-0.15, -0.1) is 0 Å². The second kappa shape index (κ2) is 7.79. The van der Waals surface area contributed by atoms with Crippen molar-refractivity contribution in [3.63, 3.8) is 0 Å². The minimum Gasteiger partial charge on any atom is -0.303 e. The van der Waals surface area contributed by atoms with Crippen molar-refractivity contribution in [3.05, 3.63) is 0 Å². The summed E-state index contributed by atoms with van der Waals surface area (Å²) in [6.07, 6.45) is 6.74. The van der Waals surface area contributed by atoms with Gasteiger partial charge in [-0.2, -0.15) is 12.6 Å². The summed E-state index contributed by atoms with van der Waals surface area (Å²) in [5, 5.41) is 0. The van der Waals surface area contributed by atoms with Crippen LogP contribution < -0.4 is 0 Å². The van der Waals surface area contributed by atoms with Crippen molar-refractivity contribution in [1.29, 1.82) is 0 Å². The van der Waals surface area contributed by atoms with Crippen LogP contribution in [0.4, 0.5) is 0 Å². The molecule has 0 radical (unpaired) electrons. The fourth-order valence-electron chi connectivity index (χ4n) is 3.23. The number of hydrogen-bond donors (Lipinski definition) is 1. The van der Waals surface area contributed by atoms with E-state index in [4.69, 9.17) is 0 Å². The van der Waals surface area contributed by atoms with Crippen molar-refractivity contribution < 1.29 is 0 Å². The summed E-state index contributed by atoms with van der Waals surface area (Å²) in [6.45, 7) is 13.3. The predicted molar refractivity (Wildman–Crippen MR) is 85.5 cm³/mol. The fraction of sp³-hybridized carbons (Fsp3) is 1.00. The lowest BCUT2D eigenvalue weighted by Gasteiger charge is -2.36. The van der Waals surface area contributed by atoms with Crippen molar-refractivity contribution >= 4 is 12.6 Å². The molecule has 0 saturated carbocycles. The van der Waals surface area contributed by atoms with E-state index >= 15 is 0 Å². The molecule has 0 amide bonds.